The highest BCUT2D eigenvalue weighted by atomic mass is 32.1. The first-order valence-electron chi connectivity index (χ1n) is 16.5. The molecule has 1 fully saturated rings. The van der Waals surface area contributed by atoms with E-state index in [-0.39, 0.29) is 0 Å². The third kappa shape index (κ3) is 8.11. The number of aromatic nitrogens is 2. The number of thiazole rings is 1. The minimum absolute atomic E-state index is 0.777. The Hall–Kier alpha value is -4.26. The van der Waals surface area contributed by atoms with E-state index in [4.69, 9.17) is 9.97 Å². The lowest BCUT2D eigenvalue weighted by molar-refractivity contribution is 0.719. The number of rotatable bonds is 7. The number of nitrogens with one attached hydrogen (secondary N) is 1. The van der Waals surface area contributed by atoms with Crippen LogP contribution in [0.2, 0.25) is 0 Å². The summed E-state index contributed by atoms with van der Waals surface area (Å²) in [6, 6.07) is 25.6. The van der Waals surface area contributed by atoms with Gasteiger partial charge in [0.2, 0.25) is 0 Å². The molecule has 5 aromatic rings. The van der Waals surface area contributed by atoms with Crippen molar-refractivity contribution in [3.8, 4) is 11.1 Å². The van der Waals surface area contributed by atoms with Crippen molar-refractivity contribution >= 4 is 44.3 Å². The Morgan fingerprint density at radius 3 is 2.37 bits per heavy atom. The average molecular weight is 632 g/mol. The molecule has 0 unspecified atom stereocenters. The lowest BCUT2D eigenvalue weighted by atomic mass is 9.93. The SMILES string of the molecule is C1CC1.C=Cc1nc(N2CCc3cccc(C(=C)Nc4nc5ccccc5s4)c3C2)ccc1-c1cccc(CC)c1C.CC.CN. The van der Waals surface area contributed by atoms with Gasteiger partial charge in [0.1, 0.15) is 5.82 Å². The van der Waals surface area contributed by atoms with Crippen LogP contribution in [0.3, 0.4) is 0 Å². The number of benzene rings is 3. The molecule has 240 valence electrons. The second kappa shape index (κ2) is 16.9. The van der Waals surface area contributed by atoms with E-state index in [9.17, 15) is 0 Å². The van der Waals surface area contributed by atoms with Gasteiger partial charge >= 0.3 is 0 Å². The van der Waals surface area contributed by atoms with Gasteiger partial charge in [-0.25, -0.2) is 9.97 Å². The lowest BCUT2D eigenvalue weighted by Crippen LogP contribution is -2.32. The van der Waals surface area contributed by atoms with E-state index < -0.39 is 0 Å². The number of fused-ring (bicyclic) bond motifs is 2. The number of pyridine rings is 1. The third-order valence-electron chi connectivity index (χ3n) is 8.05. The Labute approximate surface area is 279 Å². The van der Waals surface area contributed by atoms with Crippen LogP contribution in [0.15, 0.2) is 86.0 Å². The van der Waals surface area contributed by atoms with Crippen LogP contribution in [0.1, 0.15) is 73.5 Å². The Kier molecular flexibility index (Phi) is 12.7. The number of nitrogens with two attached hydrogens (primary N) is 1. The molecule has 3 N–H and O–H groups in total. The van der Waals surface area contributed by atoms with E-state index >= 15 is 0 Å². The predicted octanol–water partition coefficient (Wildman–Crippen LogP) is 10.3. The Balaban J connectivity index is 0.000000627. The highest BCUT2D eigenvalue weighted by Gasteiger charge is 2.22. The van der Waals surface area contributed by atoms with Crippen molar-refractivity contribution in [2.75, 3.05) is 23.8 Å². The summed E-state index contributed by atoms with van der Waals surface area (Å²) in [5.41, 5.74) is 16.1. The summed E-state index contributed by atoms with van der Waals surface area (Å²) in [6.45, 7) is 18.6. The normalized spacial score (nSPS) is 12.7. The minimum Gasteiger partial charge on any atom is -0.352 e. The molecule has 6 heteroatoms. The molecule has 1 saturated carbocycles. The standard InChI is InChI=1S/C34H32N4S.C3H6.C2H6.CH5N/c1-5-24-11-9-13-26(22(24)3)28-17-18-33(36-30(28)6-2)38-20-19-25-12-10-14-27(29(25)21-38)23(4)35-34-37-31-15-7-8-16-32(31)39-34;1-2-3-1;2*1-2/h6-18H,2,4-5,19-21H2,1,3H3,(H,35,37);1-3H2;1-2H3;2H2,1H3. The monoisotopic (exact) mass is 631 g/mol. The van der Waals surface area contributed by atoms with E-state index in [0.29, 0.717) is 0 Å². The number of aryl methyl sites for hydroxylation is 1. The van der Waals surface area contributed by atoms with Crippen molar-refractivity contribution < 1.29 is 0 Å². The van der Waals surface area contributed by atoms with Crippen LogP contribution in [0, 0.1) is 6.92 Å². The van der Waals surface area contributed by atoms with Crippen molar-refractivity contribution in [1.82, 2.24) is 9.97 Å². The van der Waals surface area contributed by atoms with E-state index in [1.807, 2.05) is 38.1 Å². The van der Waals surface area contributed by atoms with Gasteiger partial charge in [-0.15, -0.1) is 0 Å². The maximum atomic E-state index is 5.09. The van der Waals surface area contributed by atoms with E-state index in [0.717, 1.165) is 64.9 Å². The van der Waals surface area contributed by atoms with Crippen LogP contribution in [0.25, 0.3) is 33.1 Å². The summed E-state index contributed by atoms with van der Waals surface area (Å²) in [6.07, 6.45) is 8.36. The first-order valence-corrected chi connectivity index (χ1v) is 17.3. The first kappa shape index (κ1) is 34.6. The van der Waals surface area contributed by atoms with Crippen LogP contribution >= 0.6 is 11.3 Å². The lowest BCUT2D eigenvalue weighted by Gasteiger charge is -2.32. The summed E-state index contributed by atoms with van der Waals surface area (Å²) in [5.74, 6) is 0.975. The van der Waals surface area contributed by atoms with Crippen LogP contribution < -0.4 is 16.0 Å². The molecule has 7 rings (SSSR count). The predicted molar refractivity (Wildman–Crippen MR) is 203 cm³/mol. The van der Waals surface area contributed by atoms with Crippen molar-refractivity contribution in [1.29, 1.82) is 0 Å². The molecule has 5 nitrogen and oxygen atoms in total. The second-order valence-electron chi connectivity index (χ2n) is 11.0. The van der Waals surface area contributed by atoms with Gasteiger partial charge in [-0.1, -0.05) is 113 Å². The zero-order chi connectivity index (χ0) is 33.1. The molecule has 0 radical (unpaired) electrons. The van der Waals surface area contributed by atoms with Crippen molar-refractivity contribution in [2.24, 2.45) is 5.73 Å². The molecule has 3 aromatic carbocycles. The molecule has 0 saturated heterocycles. The zero-order valence-electron chi connectivity index (χ0n) is 28.2. The number of hydrogen-bond donors (Lipinski definition) is 2. The molecule has 0 bridgehead atoms. The van der Waals surface area contributed by atoms with Crippen molar-refractivity contribution in [3.63, 3.8) is 0 Å². The summed E-state index contributed by atoms with van der Waals surface area (Å²) in [5, 5.41) is 4.34. The fourth-order valence-corrected chi connectivity index (χ4v) is 6.45. The zero-order valence-corrected chi connectivity index (χ0v) is 29.0. The summed E-state index contributed by atoms with van der Waals surface area (Å²) < 4.78 is 1.17. The molecule has 3 heterocycles. The smallest absolute Gasteiger partial charge is 0.188 e. The molecule has 0 amide bonds. The quantitative estimate of drug-likeness (QED) is 0.187. The molecule has 46 heavy (non-hydrogen) atoms. The maximum absolute atomic E-state index is 5.09. The van der Waals surface area contributed by atoms with Gasteiger partial charge < -0.3 is 16.0 Å². The van der Waals surface area contributed by atoms with Gasteiger partial charge in [0.15, 0.2) is 5.13 Å². The summed E-state index contributed by atoms with van der Waals surface area (Å²) >= 11 is 1.65. The van der Waals surface area contributed by atoms with Crippen molar-refractivity contribution in [3.05, 3.63) is 119 Å². The van der Waals surface area contributed by atoms with E-state index in [1.54, 1.807) is 11.3 Å². The molecular formula is C40H49N5S. The van der Waals surface area contributed by atoms with Gasteiger partial charge in [0.05, 0.1) is 15.9 Å². The number of nitrogens with zero attached hydrogens (tertiary/aromatic N) is 3. The van der Waals surface area contributed by atoms with Crippen LogP contribution in [0.5, 0.6) is 0 Å². The topological polar surface area (TPSA) is 67.1 Å². The minimum atomic E-state index is 0.777. The van der Waals surface area contributed by atoms with Crippen LogP contribution in [-0.2, 0) is 19.4 Å². The number of hydrogen-bond acceptors (Lipinski definition) is 6. The van der Waals surface area contributed by atoms with Gasteiger partial charge in [-0.3, -0.25) is 0 Å². The van der Waals surface area contributed by atoms with E-state index in [1.165, 1.54) is 58.8 Å². The Bertz CT molecular complexity index is 1730. The van der Waals surface area contributed by atoms with Gasteiger partial charge in [0, 0.05) is 29.9 Å². The summed E-state index contributed by atoms with van der Waals surface area (Å²) in [7, 11) is 1.50. The Morgan fingerprint density at radius 2 is 1.67 bits per heavy atom. The van der Waals surface area contributed by atoms with Gasteiger partial charge in [-0.05, 0) is 85.0 Å². The molecule has 0 atom stereocenters. The molecular weight excluding hydrogens is 583 g/mol. The molecule has 0 spiro atoms. The number of anilines is 2. The van der Waals surface area contributed by atoms with Crippen molar-refractivity contribution in [2.45, 2.75) is 66.3 Å². The highest BCUT2D eigenvalue weighted by Crippen LogP contribution is 2.34. The van der Waals surface area contributed by atoms with Crippen LogP contribution in [-0.4, -0.2) is 23.6 Å². The largest absolute Gasteiger partial charge is 0.352 e. The fraction of sp³-hybridized carbons (Fsp3) is 0.300. The van der Waals surface area contributed by atoms with Gasteiger partial charge in [0.25, 0.3) is 0 Å². The Morgan fingerprint density at radius 1 is 0.935 bits per heavy atom. The van der Waals surface area contributed by atoms with Gasteiger partial charge in [-0.2, -0.15) is 0 Å². The molecule has 1 aliphatic heterocycles. The third-order valence-corrected chi connectivity index (χ3v) is 9.00. The van der Waals surface area contributed by atoms with Crippen LogP contribution in [0.4, 0.5) is 10.9 Å². The second-order valence-corrected chi connectivity index (χ2v) is 12.0. The van der Waals surface area contributed by atoms with E-state index in [2.05, 4.69) is 97.6 Å². The summed E-state index contributed by atoms with van der Waals surface area (Å²) in [4.78, 5) is 12.2. The molecule has 2 aromatic heterocycles. The fourth-order valence-electron chi connectivity index (χ4n) is 5.56. The highest BCUT2D eigenvalue weighted by molar-refractivity contribution is 7.22. The number of para-hydroxylation sites is 1. The average Bonchev–Trinajstić information content (AvgIpc) is 3.95. The molecule has 2 aliphatic rings. The maximum Gasteiger partial charge on any atom is 0.188 e. The first-order chi connectivity index (χ1) is 22.6. The molecule has 1 aliphatic carbocycles.